The van der Waals surface area contributed by atoms with Gasteiger partial charge in [-0.1, -0.05) is 0 Å². The van der Waals surface area contributed by atoms with Gasteiger partial charge in [-0.2, -0.15) is 0 Å². The SMILES string of the molecule is CC(C)(C)OC(=O)NC(C)(C=O)c1csc(C2CC2)n1. The molecule has 2 rings (SSSR count). The smallest absolute Gasteiger partial charge is 0.408 e. The molecule has 0 saturated heterocycles. The number of hydrogen-bond donors (Lipinski definition) is 1. The Hall–Kier alpha value is -1.43. The van der Waals surface area contributed by atoms with Gasteiger partial charge in [0.2, 0.25) is 0 Å². The van der Waals surface area contributed by atoms with Crippen molar-refractivity contribution in [1.29, 1.82) is 0 Å². The molecule has 1 N–H and O–H groups in total. The van der Waals surface area contributed by atoms with Gasteiger partial charge in [-0.15, -0.1) is 11.3 Å². The summed E-state index contributed by atoms with van der Waals surface area (Å²) >= 11 is 1.54. The van der Waals surface area contributed by atoms with Crippen LogP contribution in [0.3, 0.4) is 0 Å². The third kappa shape index (κ3) is 3.56. The first-order valence-electron chi connectivity index (χ1n) is 6.67. The highest BCUT2D eigenvalue weighted by Crippen LogP contribution is 2.42. The summed E-state index contributed by atoms with van der Waals surface area (Å²) in [6, 6.07) is 0. The summed E-state index contributed by atoms with van der Waals surface area (Å²) in [5, 5.41) is 5.48. The van der Waals surface area contributed by atoms with Crippen molar-refractivity contribution in [2.45, 2.75) is 57.6 Å². The van der Waals surface area contributed by atoms with Gasteiger partial charge in [0.25, 0.3) is 0 Å². The van der Waals surface area contributed by atoms with Crippen LogP contribution in [0, 0.1) is 0 Å². The molecule has 1 aliphatic rings. The zero-order valence-corrected chi connectivity index (χ0v) is 13.0. The summed E-state index contributed by atoms with van der Waals surface area (Å²) in [6.07, 6.45) is 2.39. The Kier molecular flexibility index (Phi) is 3.86. The van der Waals surface area contributed by atoms with E-state index < -0.39 is 17.2 Å². The van der Waals surface area contributed by atoms with Crippen LogP contribution in [0.2, 0.25) is 0 Å². The van der Waals surface area contributed by atoms with E-state index in [1.165, 1.54) is 0 Å². The molecular weight excluding hydrogens is 276 g/mol. The number of nitrogens with one attached hydrogen (secondary N) is 1. The molecule has 0 radical (unpaired) electrons. The lowest BCUT2D eigenvalue weighted by atomic mass is 10.0. The second-order valence-corrected chi connectivity index (χ2v) is 7.18. The first-order chi connectivity index (χ1) is 9.23. The molecule has 1 heterocycles. The minimum Gasteiger partial charge on any atom is -0.444 e. The third-order valence-corrected chi connectivity index (χ3v) is 3.98. The Labute approximate surface area is 122 Å². The van der Waals surface area contributed by atoms with Gasteiger partial charge in [0.15, 0.2) is 6.29 Å². The molecule has 0 spiro atoms. The van der Waals surface area contributed by atoms with Crippen LogP contribution in [-0.2, 0) is 15.1 Å². The number of hydrogen-bond acceptors (Lipinski definition) is 5. The molecule has 0 aliphatic heterocycles. The normalized spacial score (nSPS) is 18.2. The summed E-state index contributed by atoms with van der Waals surface area (Å²) in [4.78, 5) is 27.7. The van der Waals surface area contributed by atoms with Crippen LogP contribution in [0.25, 0.3) is 0 Å². The molecule has 1 amide bonds. The van der Waals surface area contributed by atoms with Gasteiger partial charge in [-0.3, -0.25) is 0 Å². The number of rotatable bonds is 4. The number of ether oxygens (including phenoxy) is 1. The fourth-order valence-electron chi connectivity index (χ4n) is 1.71. The number of alkyl carbamates (subject to hydrolysis) is 1. The molecule has 0 aromatic carbocycles. The molecule has 1 aliphatic carbocycles. The fourth-order valence-corrected chi connectivity index (χ4v) is 2.82. The highest BCUT2D eigenvalue weighted by atomic mass is 32.1. The predicted molar refractivity (Wildman–Crippen MR) is 76.9 cm³/mol. The van der Waals surface area contributed by atoms with Gasteiger partial charge in [0.1, 0.15) is 11.1 Å². The van der Waals surface area contributed by atoms with Gasteiger partial charge >= 0.3 is 6.09 Å². The zero-order chi connectivity index (χ0) is 15.0. The molecule has 6 heteroatoms. The van der Waals surface area contributed by atoms with E-state index >= 15 is 0 Å². The van der Waals surface area contributed by atoms with E-state index in [0.29, 0.717) is 17.9 Å². The zero-order valence-electron chi connectivity index (χ0n) is 12.2. The Morgan fingerprint density at radius 3 is 2.60 bits per heavy atom. The lowest BCUT2D eigenvalue weighted by molar-refractivity contribution is -0.113. The average molecular weight is 296 g/mol. The lowest BCUT2D eigenvalue weighted by Crippen LogP contribution is -2.47. The number of aromatic nitrogens is 1. The van der Waals surface area contributed by atoms with Crippen molar-refractivity contribution in [3.8, 4) is 0 Å². The van der Waals surface area contributed by atoms with Crippen LogP contribution in [0.4, 0.5) is 4.79 Å². The molecule has 1 saturated carbocycles. The maximum atomic E-state index is 11.8. The Morgan fingerprint density at radius 2 is 2.10 bits per heavy atom. The highest BCUT2D eigenvalue weighted by Gasteiger charge is 2.35. The number of nitrogens with zero attached hydrogens (tertiary/aromatic N) is 1. The van der Waals surface area contributed by atoms with E-state index in [1.807, 2.05) is 5.38 Å². The Balaban J connectivity index is 2.11. The highest BCUT2D eigenvalue weighted by molar-refractivity contribution is 7.09. The Bertz CT molecular complexity index is 517. The monoisotopic (exact) mass is 296 g/mol. The molecule has 1 aromatic rings. The topological polar surface area (TPSA) is 68.3 Å². The number of carbonyl (C=O) groups is 2. The second kappa shape index (κ2) is 5.16. The molecule has 1 unspecified atom stereocenters. The van der Waals surface area contributed by atoms with E-state index in [0.717, 1.165) is 17.8 Å². The second-order valence-electron chi connectivity index (χ2n) is 6.29. The number of thiazole rings is 1. The lowest BCUT2D eigenvalue weighted by Gasteiger charge is -2.26. The van der Waals surface area contributed by atoms with Crippen molar-refractivity contribution in [3.63, 3.8) is 0 Å². The van der Waals surface area contributed by atoms with Crippen LogP contribution in [0.5, 0.6) is 0 Å². The molecule has 110 valence electrons. The van der Waals surface area contributed by atoms with Crippen molar-refractivity contribution in [3.05, 3.63) is 16.1 Å². The van der Waals surface area contributed by atoms with E-state index in [9.17, 15) is 9.59 Å². The van der Waals surface area contributed by atoms with Gasteiger partial charge in [0, 0.05) is 11.3 Å². The molecule has 0 bridgehead atoms. The van der Waals surface area contributed by atoms with Crippen LogP contribution in [0.1, 0.15) is 57.2 Å². The fraction of sp³-hybridized carbons (Fsp3) is 0.643. The predicted octanol–water partition coefficient (Wildman–Crippen LogP) is 2.96. The number of aldehydes is 1. The van der Waals surface area contributed by atoms with Crippen molar-refractivity contribution in [1.82, 2.24) is 10.3 Å². The van der Waals surface area contributed by atoms with Crippen LogP contribution < -0.4 is 5.32 Å². The van der Waals surface area contributed by atoms with Gasteiger partial charge in [-0.25, -0.2) is 9.78 Å². The van der Waals surface area contributed by atoms with E-state index in [-0.39, 0.29) is 0 Å². The summed E-state index contributed by atoms with van der Waals surface area (Å²) in [5.41, 5.74) is -1.17. The molecule has 1 atom stereocenters. The van der Waals surface area contributed by atoms with E-state index in [1.54, 1.807) is 39.0 Å². The number of amides is 1. The van der Waals surface area contributed by atoms with Crippen LogP contribution in [-0.4, -0.2) is 23.0 Å². The molecule has 1 fully saturated rings. The van der Waals surface area contributed by atoms with Gasteiger partial charge in [0.05, 0.1) is 10.7 Å². The first kappa shape index (κ1) is 15.0. The van der Waals surface area contributed by atoms with E-state index in [2.05, 4.69) is 10.3 Å². The van der Waals surface area contributed by atoms with Crippen molar-refractivity contribution < 1.29 is 14.3 Å². The molecule has 20 heavy (non-hydrogen) atoms. The standard InChI is InChI=1S/C14H20N2O3S/c1-13(2,3)19-12(18)16-14(4,8-17)10-7-20-11(15-10)9-5-6-9/h7-9H,5-6H2,1-4H3,(H,16,18). The van der Waals surface area contributed by atoms with Crippen molar-refractivity contribution in [2.24, 2.45) is 0 Å². The van der Waals surface area contributed by atoms with Crippen molar-refractivity contribution >= 4 is 23.7 Å². The Morgan fingerprint density at radius 1 is 1.45 bits per heavy atom. The van der Waals surface area contributed by atoms with Crippen molar-refractivity contribution in [2.75, 3.05) is 0 Å². The summed E-state index contributed by atoms with van der Waals surface area (Å²) < 4.78 is 5.19. The van der Waals surface area contributed by atoms with Crippen LogP contribution >= 0.6 is 11.3 Å². The first-order valence-corrected chi connectivity index (χ1v) is 7.55. The number of carbonyl (C=O) groups excluding carboxylic acids is 2. The van der Waals surface area contributed by atoms with E-state index in [4.69, 9.17) is 4.74 Å². The maximum absolute atomic E-state index is 11.8. The molecular formula is C14H20N2O3S. The maximum Gasteiger partial charge on any atom is 0.408 e. The van der Waals surface area contributed by atoms with Gasteiger partial charge in [-0.05, 0) is 40.5 Å². The summed E-state index contributed by atoms with van der Waals surface area (Å²) in [7, 11) is 0. The minimum atomic E-state index is -1.15. The summed E-state index contributed by atoms with van der Waals surface area (Å²) in [5.74, 6) is 0.533. The van der Waals surface area contributed by atoms with Gasteiger partial charge < -0.3 is 14.8 Å². The minimum absolute atomic E-state index is 0.533. The van der Waals surface area contributed by atoms with Crippen LogP contribution in [0.15, 0.2) is 5.38 Å². The summed E-state index contributed by atoms with van der Waals surface area (Å²) in [6.45, 7) is 6.96. The molecule has 5 nitrogen and oxygen atoms in total. The molecule has 1 aromatic heterocycles. The largest absolute Gasteiger partial charge is 0.444 e. The quantitative estimate of drug-likeness (QED) is 0.867. The average Bonchev–Trinajstić information content (AvgIpc) is 3.04. The third-order valence-electron chi connectivity index (χ3n) is 2.98.